The summed E-state index contributed by atoms with van der Waals surface area (Å²) in [5.74, 6) is 2.63. The Hall–Kier alpha value is -4.34. The molecule has 0 aliphatic carbocycles. The van der Waals surface area contributed by atoms with Crippen LogP contribution in [0.25, 0.3) is 11.1 Å². The molecule has 0 atom stereocenters. The highest BCUT2D eigenvalue weighted by atomic mass is 16.5. The van der Waals surface area contributed by atoms with Crippen LogP contribution in [0.5, 0.6) is 23.0 Å². The van der Waals surface area contributed by atoms with Gasteiger partial charge in [-0.15, -0.1) is 0 Å². The monoisotopic (exact) mass is 568 g/mol. The van der Waals surface area contributed by atoms with E-state index in [1.165, 1.54) is 0 Å². The first-order valence-corrected chi connectivity index (χ1v) is 14.2. The maximum Gasteiger partial charge on any atom is 0.130 e. The molecule has 0 radical (unpaired) electrons. The molecule has 0 bridgehead atoms. The van der Waals surface area contributed by atoms with Gasteiger partial charge in [-0.05, 0) is 35.4 Å². The summed E-state index contributed by atoms with van der Waals surface area (Å²) in [4.78, 5) is 0. The molecule has 0 amide bonds. The summed E-state index contributed by atoms with van der Waals surface area (Å²) in [6.07, 6.45) is 0. The van der Waals surface area contributed by atoms with Crippen LogP contribution in [0.2, 0.25) is 0 Å². The van der Waals surface area contributed by atoms with Crippen molar-refractivity contribution in [3.63, 3.8) is 0 Å². The van der Waals surface area contributed by atoms with E-state index in [4.69, 9.17) is 41.9 Å². The minimum atomic E-state index is 0.341. The fourth-order valence-electron chi connectivity index (χ4n) is 4.61. The molecule has 0 saturated carbocycles. The molecule has 0 aliphatic heterocycles. The van der Waals surface area contributed by atoms with Crippen LogP contribution in [0, 0.1) is 0 Å². The van der Waals surface area contributed by atoms with Crippen LogP contribution in [0.3, 0.4) is 0 Å². The summed E-state index contributed by atoms with van der Waals surface area (Å²) in [6, 6.07) is 32.1. The van der Waals surface area contributed by atoms with Crippen molar-refractivity contribution >= 4 is 11.1 Å². The highest BCUT2D eigenvalue weighted by Gasteiger charge is 2.23. The van der Waals surface area contributed by atoms with E-state index in [0.29, 0.717) is 75.6 Å². The molecule has 0 aliphatic rings. The lowest BCUT2D eigenvalue weighted by molar-refractivity contribution is 0.311. The first-order chi connectivity index (χ1) is 20.7. The van der Waals surface area contributed by atoms with Gasteiger partial charge in [-0.25, -0.2) is 0 Å². The molecule has 220 valence electrons. The van der Waals surface area contributed by atoms with Gasteiger partial charge in [0.2, 0.25) is 0 Å². The van der Waals surface area contributed by atoms with Crippen molar-refractivity contribution in [3.8, 4) is 23.0 Å². The SMILES string of the molecule is NCCOc1ccc(/C(=C(/c2ccccc2)c2ccc(OCCN)cc2OCCN)c2ccccc2)c(OCCN)c1. The van der Waals surface area contributed by atoms with Gasteiger partial charge < -0.3 is 41.9 Å². The third kappa shape index (κ3) is 7.90. The Morgan fingerprint density at radius 3 is 1.14 bits per heavy atom. The fraction of sp³-hybridized carbons (Fsp3) is 0.235. The van der Waals surface area contributed by atoms with E-state index in [-0.39, 0.29) is 0 Å². The molecule has 8 nitrogen and oxygen atoms in total. The minimum Gasteiger partial charge on any atom is -0.492 e. The van der Waals surface area contributed by atoms with Crippen molar-refractivity contribution in [2.75, 3.05) is 52.6 Å². The summed E-state index contributed by atoms with van der Waals surface area (Å²) >= 11 is 0. The van der Waals surface area contributed by atoms with Crippen molar-refractivity contribution < 1.29 is 18.9 Å². The largest absolute Gasteiger partial charge is 0.492 e. The number of hydrogen-bond acceptors (Lipinski definition) is 8. The molecule has 8 heteroatoms. The first kappa shape index (κ1) is 30.6. The van der Waals surface area contributed by atoms with E-state index < -0.39 is 0 Å². The van der Waals surface area contributed by atoms with Gasteiger partial charge in [0, 0.05) is 60.6 Å². The number of hydrogen-bond donors (Lipinski definition) is 4. The second-order valence-corrected chi connectivity index (χ2v) is 9.35. The number of ether oxygens (including phenoxy) is 4. The lowest BCUT2D eigenvalue weighted by Gasteiger charge is -2.23. The van der Waals surface area contributed by atoms with E-state index in [1.807, 2.05) is 72.8 Å². The second kappa shape index (κ2) is 16.2. The van der Waals surface area contributed by atoms with Crippen molar-refractivity contribution in [2.24, 2.45) is 22.9 Å². The van der Waals surface area contributed by atoms with E-state index in [2.05, 4.69) is 24.3 Å². The predicted molar refractivity (Wildman–Crippen MR) is 169 cm³/mol. The van der Waals surface area contributed by atoms with E-state index in [1.54, 1.807) is 0 Å². The number of nitrogens with two attached hydrogens (primary N) is 4. The zero-order valence-corrected chi connectivity index (χ0v) is 23.8. The Balaban J connectivity index is 2.06. The third-order valence-electron chi connectivity index (χ3n) is 6.34. The summed E-state index contributed by atoms with van der Waals surface area (Å²) in [7, 11) is 0. The van der Waals surface area contributed by atoms with E-state index in [0.717, 1.165) is 33.4 Å². The molecular formula is C34H40N4O4. The average Bonchev–Trinajstić information content (AvgIpc) is 3.04. The van der Waals surface area contributed by atoms with Crippen molar-refractivity contribution in [2.45, 2.75) is 0 Å². The van der Waals surface area contributed by atoms with E-state index in [9.17, 15) is 0 Å². The second-order valence-electron chi connectivity index (χ2n) is 9.35. The molecule has 0 aromatic heterocycles. The van der Waals surface area contributed by atoms with Crippen LogP contribution in [0.4, 0.5) is 0 Å². The van der Waals surface area contributed by atoms with Crippen LogP contribution >= 0.6 is 0 Å². The smallest absolute Gasteiger partial charge is 0.130 e. The molecule has 0 unspecified atom stereocenters. The summed E-state index contributed by atoms with van der Waals surface area (Å²) in [6.45, 7) is 3.02. The topological polar surface area (TPSA) is 141 Å². The zero-order valence-electron chi connectivity index (χ0n) is 23.8. The normalized spacial score (nSPS) is 11.5. The number of rotatable bonds is 16. The molecule has 42 heavy (non-hydrogen) atoms. The Bertz CT molecular complexity index is 1320. The lowest BCUT2D eigenvalue weighted by Crippen LogP contribution is -2.14. The summed E-state index contributed by atoms with van der Waals surface area (Å²) in [5.41, 5.74) is 28.7. The highest BCUT2D eigenvalue weighted by molar-refractivity contribution is 6.06. The molecule has 0 saturated heterocycles. The van der Waals surface area contributed by atoms with Crippen molar-refractivity contribution in [1.82, 2.24) is 0 Å². The molecule has 0 spiro atoms. The van der Waals surface area contributed by atoms with Gasteiger partial charge >= 0.3 is 0 Å². The summed E-state index contributed by atoms with van der Waals surface area (Å²) in [5, 5.41) is 0. The average molecular weight is 569 g/mol. The van der Waals surface area contributed by atoms with Gasteiger partial charge in [0.15, 0.2) is 0 Å². The van der Waals surface area contributed by atoms with Crippen LogP contribution < -0.4 is 41.9 Å². The van der Waals surface area contributed by atoms with Gasteiger partial charge in [-0.2, -0.15) is 0 Å². The molecular weight excluding hydrogens is 528 g/mol. The standard InChI is InChI=1S/C34H40N4O4/c35-15-19-39-27-11-13-29(31(23-27)41-21-17-37)33(25-7-3-1-4-8-25)34(26-9-5-2-6-10-26)30-14-12-28(40-20-16-36)24-32(30)42-22-18-38/h1-14,23-24H,15-22,35-38H2/b34-33-. The van der Waals surface area contributed by atoms with Crippen LogP contribution in [-0.4, -0.2) is 52.6 Å². The number of benzene rings is 4. The first-order valence-electron chi connectivity index (χ1n) is 14.2. The van der Waals surface area contributed by atoms with Crippen molar-refractivity contribution in [3.05, 3.63) is 119 Å². The molecule has 4 aromatic rings. The highest BCUT2D eigenvalue weighted by Crippen LogP contribution is 2.44. The van der Waals surface area contributed by atoms with Crippen LogP contribution in [0.15, 0.2) is 97.1 Å². The maximum atomic E-state index is 6.24. The van der Waals surface area contributed by atoms with Gasteiger partial charge in [0.1, 0.15) is 49.4 Å². The summed E-state index contributed by atoms with van der Waals surface area (Å²) < 4.78 is 24.2. The Morgan fingerprint density at radius 1 is 0.429 bits per heavy atom. The van der Waals surface area contributed by atoms with Crippen LogP contribution in [0.1, 0.15) is 22.3 Å². The van der Waals surface area contributed by atoms with Crippen LogP contribution in [-0.2, 0) is 0 Å². The Kier molecular flexibility index (Phi) is 11.8. The van der Waals surface area contributed by atoms with Gasteiger partial charge in [0.25, 0.3) is 0 Å². The quantitative estimate of drug-likeness (QED) is 0.148. The molecule has 4 rings (SSSR count). The third-order valence-corrected chi connectivity index (χ3v) is 6.34. The minimum absolute atomic E-state index is 0.341. The molecule has 8 N–H and O–H groups in total. The lowest BCUT2D eigenvalue weighted by atomic mass is 9.85. The zero-order chi connectivity index (χ0) is 29.6. The van der Waals surface area contributed by atoms with Gasteiger partial charge in [-0.1, -0.05) is 60.7 Å². The van der Waals surface area contributed by atoms with E-state index >= 15 is 0 Å². The maximum absolute atomic E-state index is 6.24. The van der Waals surface area contributed by atoms with Gasteiger partial charge in [0.05, 0.1) is 0 Å². The van der Waals surface area contributed by atoms with Crippen molar-refractivity contribution in [1.29, 1.82) is 0 Å². The molecule has 0 fully saturated rings. The fourth-order valence-corrected chi connectivity index (χ4v) is 4.61. The molecule has 0 heterocycles. The predicted octanol–water partition coefficient (Wildman–Crippen LogP) is 4.04. The Morgan fingerprint density at radius 2 is 0.786 bits per heavy atom. The van der Waals surface area contributed by atoms with Gasteiger partial charge in [-0.3, -0.25) is 0 Å². The molecule has 4 aromatic carbocycles. The Labute approximate surface area is 247 Å².